The molecule has 1 N–H and O–H groups in total. The Bertz CT molecular complexity index is 182. The molecule has 0 aliphatic carbocycles. The number of hydrogen-bond acceptors (Lipinski definition) is 2. The maximum absolute atomic E-state index is 4.23. The first-order chi connectivity index (χ1) is 4.66. The molecule has 0 aromatic heterocycles. The van der Waals surface area contributed by atoms with E-state index < -0.39 is 0 Å². The average Bonchev–Trinajstić information content (AvgIpc) is 1.96. The van der Waals surface area contributed by atoms with Gasteiger partial charge in [-0.3, -0.25) is 4.99 Å². The molecule has 2 nitrogen and oxygen atoms in total. The molecule has 1 rings (SSSR count). The van der Waals surface area contributed by atoms with Crippen molar-refractivity contribution in [2.24, 2.45) is 4.99 Å². The van der Waals surface area contributed by atoms with Crippen LogP contribution in [-0.4, -0.2) is 11.8 Å². The molecule has 0 bridgehead atoms. The Morgan fingerprint density at radius 3 is 2.80 bits per heavy atom. The zero-order valence-electron chi connectivity index (χ0n) is 6.81. The van der Waals surface area contributed by atoms with Gasteiger partial charge in [-0.25, -0.2) is 0 Å². The molecule has 0 aromatic carbocycles. The second-order valence-corrected chi connectivity index (χ2v) is 2.96. The number of hydrogen-bond donors (Lipinski definition) is 1. The molecule has 0 radical (unpaired) electrons. The molecule has 1 aliphatic heterocycles. The minimum atomic E-state index is 0.0828. The summed E-state index contributed by atoms with van der Waals surface area (Å²) in [4.78, 5) is 4.23. The van der Waals surface area contributed by atoms with E-state index in [-0.39, 0.29) is 5.54 Å². The monoisotopic (exact) mass is 138 g/mol. The Balaban J connectivity index is 2.67. The van der Waals surface area contributed by atoms with Crippen LogP contribution in [0.25, 0.3) is 0 Å². The van der Waals surface area contributed by atoms with Gasteiger partial charge in [-0.1, -0.05) is 6.92 Å². The predicted molar refractivity (Wildman–Crippen MR) is 44.1 cm³/mol. The van der Waals surface area contributed by atoms with Gasteiger partial charge in [-0.15, -0.1) is 0 Å². The summed E-state index contributed by atoms with van der Waals surface area (Å²) in [5.74, 6) is 0. The molecular formula is C8H14N2. The second-order valence-electron chi connectivity index (χ2n) is 2.96. The lowest BCUT2D eigenvalue weighted by molar-refractivity contribution is 0.519. The van der Waals surface area contributed by atoms with Crippen LogP contribution in [0.5, 0.6) is 0 Å². The van der Waals surface area contributed by atoms with E-state index in [1.165, 1.54) is 0 Å². The number of aliphatic imine (C=N–C) groups is 1. The van der Waals surface area contributed by atoms with E-state index in [0.717, 1.165) is 12.1 Å². The number of allylic oxidation sites excluding steroid dienone is 1. The largest absolute Gasteiger partial charge is 0.379 e. The van der Waals surface area contributed by atoms with Crippen LogP contribution in [0.15, 0.2) is 16.9 Å². The Morgan fingerprint density at radius 1 is 1.70 bits per heavy atom. The number of nitrogens with zero attached hydrogens (tertiary/aromatic N) is 1. The van der Waals surface area contributed by atoms with Crippen molar-refractivity contribution in [2.75, 3.05) is 0 Å². The minimum absolute atomic E-state index is 0.0828. The standard InChI is InChI=1S/C8H14N2/c1-4-8(3)6-9-7(2)5-10-8/h5-6,10H,4H2,1-3H3. The molecule has 0 fully saturated rings. The van der Waals surface area contributed by atoms with Crippen molar-refractivity contribution in [3.63, 3.8) is 0 Å². The first-order valence-corrected chi connectivity index (χ1v) is 3.66. The van der Waals surface area contributed by atoms with Crippen molar-refractivity contribution in [3.05, 3.63) is 11.9 Å². The Morgan fingerprint density at radius 2 is 2.40 bits per heavy atom. The molecule has 1 atom stereocenters. The topological polar surface area (TPSA) is 24.4 Å². The summed E-state index contributed by atoms with van der Waals surface area (Å²) in [5.41, 5.74) is 1.13. The zero-order valence-corrected chi connectivity index (χ0v) is 6.81. The summed E-state index contributed by atoms with van der Waals surface area (Å²) in [6.07, 6.45) is 5.01. The van der Waals surface area contributed by atoms with Gasteiger partial charge in [0.25, 0.3) is 0 Å². The lowest BCUT2D eigenvalue weighted by Crippen LogP contribution is -2.41. The SMILES string of the molecule is CCC1(C)C=NC(C)=CN1. The van der Waals surface area contributed by atoms with Crippen molar-refractivity contribution < 1.29 is 0 Å². The predicted octanol–water partition coefficient (Wildman–Crippen LogP) is 1.69. The van der Waals surface area contributed by atoms with Gasteiger partial charge >= 0.3 is 0 Å². The average molecular weight is 138 g/mol. The third-order valence-corrected chi connectivity index (χ3v) is 1.90. The summed E-state index contributed by atoms with van der Waals surface area (Å²) in [7, 11) is 0. The second kappa shape index (κ2) is 2.45. The van der Waals surface area contributed by atoms with Crippen LogP contribution < -0.4 is 5.32 Å². The first-order valence-electron chi connectivity index (χ1n) is 3.66. The van der Waals surface area contributed by atoms with Crippen LogP contribution in [0.3, 0.4) is 0 Å². The van der Waals surface area contributed by atoms with E-state index in [9.17, 15) is 0 Å². The third-order valence-electron chi connectivity index (χ3n) is 1.90. The fourth-order valence-corrected chi connectivity index (χ4v) is 0.781. The first kappa shape index (κ1) is 7.32. The fourth-order valence-electron chi connectivity index (χ4n) is 0.781. The fraction of sp³-hybridized carbons (Fsp3) is 0.625. The van der Waals surface area contributed by atoms with Gasteiger partial charge in [0.15, 0.2) is 0 Å². The molecule has 0 aromatic rings. The molecule has 0 saturated heterocycles. The molecule has 0 spiro atoms. The van der Waals surface area contributed by atoms with Crippen LogP contribution in [0.2, 0.25) is 0 Å². The number of nitrogens with one attached hydrogen (secondary N) is 1. The lowest BCUT2D eigenvalue weighted by atomic mass is 10.0. The summed E-state index contributed by atoms with van der Waals surface area (Å²) in [5, 5.41) is 3.28. The van der Waals surface area contributed by atoms with Crippen LogP contribution >= 0.6 is 0 Å². The molecule has 56 valence electrons. The Labute approximate surface area is 62.0 Å². The van der Waals surface area contributed by atoms with Gasteiger partial charge < -0.3 is 5.32 Å². The van der Waals surface area contributed by atoms with Gasteiger partial charge in [0.05, 0.1) is 11.2 Å². The van der Waals surface area contributed by atoms with E-state index in [4.69, 9.17) is 0 Å². The summed E-state index contributed by atoms with van der Waals surface area (Å²) < 4.78 is 0. The van der Waals surface area contributed by atoms with E-state index in [2.05, 4.69) is 24.2 Å². The van der Waals surface area contributed by atoms with Gasteiger partial charge in [0.1, 0.15) is 0 Å². The molecule has 0 saturated carbocycles. The van der Waals surface area contributed by atoms with Crippen LogP contribution in [0.1, 0.15) is 27.2 Å². The molecule has 10 heavy (non-hydrogen) atoms. The summed E-state index contributed by atoms with van der Waals surface area (Å²) >= 11 is 0. The van der Waals surface area contributed by atoms with Crippen molar-refractivity contribution in [1.29, 1.82) is 0 Å². The smallest absolute Gasteiger partial charge is 0.0691 e. The Kier molecular flexibility index (Phi) is 1.79. The van der Waals surface area contributed by atoms with Crippen LogP contribution in [-0.2, 0) is 0 Å². The molecule has 0 amide bonds. The molecule has 2 heteroatoms. The van der Waals surface area contributed by atoms with Gasteiger partial charge in [-0.2, -0.15) is 0 Å². The highest BCUT2D eigenvalue weighted by Crippen LogP contribution is 2.11. The van der Waals surface area contributed by atoms with Crippen molar-refractivity contribution >= 4 is 6.21 Å². The number of rotatable bonds is 1. The minimum Gasteiger partial charge on any atom is -0.379 e. The molecule has 1 unspecified atom stereocenters. The van der Waals surface area contributed by atoms with Crippen LogP contribution in [0, 0.1) is 0 Å². The van der Waals surface area contributed by atoms with Crippen molar-refractivity contribution in [3.8, 4) is 0 Å². The maximum Gasteiger partial charge on any atom is 0.0691 e. The Hall–Kier alpha value is -0.790. The highest BCUT2D eigenvalue weighted by atomic mass is 15.0. The van der Waals surface area contributed by atoms with Crippen molar-refractivity contribution in [2.45, 2.75) is 32.7 Å². The van der Waals surface area contributed by atoms with E-state index in [1.807, 2.05) is 19.3 Å². The van der Waals surface area contributed by atoms with Crippen LogP contribution in [0.4, 0.5) is 0 Å². The van der Waals surface area contributed by atoms with E-state index in [0.29, 0.717) is 0 Å². The van der Waals surface area contributed by atoms with E-state index in [1.54, 1.807) is 0 Å². The summed E-state index contributed by atoms with van der Waals surface area (Å²) in [6.45, 7) is 6.27. The third kappa shape index (κ3) is 1.38. The summed E-state index contributed by atoms with van der Waals surface area (Å²) in [6, 6.07) is 0. The lowest BCUT2D eigenvalue weighted by Gasteiger charge is -2.26. The molecule has 1 heterocycles. The maximum atomic E-state index is 4.23. The quantitative estimate of drug-likeness (QED) is 0.586. The van der Waals surface area contributed by atoms with Crippen molar-refractivity contribution in [1.82, 2.24) is 5.32 Å². The molecule has 1 aliphatic rings. The normalized spacial score (nSPS) is 31.3. The van der Waals surface area contributed by atoms with Gasteiger partial charge in [0.2, 0.25) is 0 Å². The van der Waals surface area contributed by atoms with E-state index >= 15 is 0 Å². The molecular weight excluding hydrogens is 124 g/mol. The highest BCUT2D eigenvalue weighted by Gasteiger charge is 2.18. The highest BCUT2D eigenvalue weighted by molar-refractivity contribution is 5.72. The van der Waals surface area contributed by atoms with Gasteiger partial charge in [-0.05, 0) is 20.3 Å². The van der Waals surface area contributed by atoms with Gasteiger partial charge in [0, 0.05) is 12.4 Å². The zero-order chi connectivity index (χ0) is 7.61.